The maximum Gasteiger partial charge on any atom is 0.242 e. The van der Waals surface area contributed by atoms with Gasteiger partial charge in [0, 0.05) is 25.0 Å². The van der Waals surface area contributed by atoms with Gasteiger partial charge in [0.1, 0.15) is 11.8 Å². The summed E-state index contributed by atoms with van der Waals surface area (Å²) >= 11 is 0. The van der Waals surface area contributed by atoms with Crippen molar-refractivity contribution in [1.82, 2.24) is 10.2 Å². The number of amides is 2. The predicted octanol–water partition coefficient (Wildman–Crippen LogP) is 3.88. The Kier molecular flexibility index (Phi) is 9.93. The van der Waals surface area contributed by atoms with Crippen molar-refractivity contribution in [2.75, 3.05) is 24.2 Å². The van der Waals surface area contributed by atoms with Crippen molar-refractivity contribution in [2.24, 2.45) is 0 Å². The number of aryl methyl sites for hydroxylation is 1. The van der Waals surface area contributed by atoms with Gasteiger partial charge in [0.05, 0.1) is 19.1 Å². The molecule has 0 heterocycles. The highest BCUT2D eigenvalue weighted by Crippen LogP contribution is 2.22. The van der Waals surface area contributed by atoms with Gasteiger partial charge in [-0.1, -0.05) is 24.3 Å². The molecule has 0 aromatic heterocycles. The van der Waals surface area contributed by atoms with Crippen LogP contribution in [0, 0.1) is 6.92 Å². The highest BCUT2D eigenvalue weighted by molar-refractivity contribution is 7.92. The summed E-state index contributed by atoms with van der Waals surface area (Å²) in [6.45, 7) is 9.79. The third kappa shape index (κ3) is 8.55. The van der Waals surface area contributed by atoms with Crippen molar-refractivity contribution in [3.05, 3.63) is 59.7 Å². The van der Waals surface area contributed by atoms with Crippen LogP contribution in [0.4, 0.5) is 5.69 Å². The van der Waals surface area contributed by atoms with E-state index in [0.717, 1.165) is 17.4 Å². The van der Waals surface area contributed by atoms with Gasteiger partial charge in [-0.15, -0.1) is 0 Å². The van der Waals surface area contributed by atoms with Gasteiger partial charge in [0.2, 0.25) is 21.8 Å². The van der Waals surface area contributed by atoms with Crippen LogP contribution < -0.4 is 14.4 Å². The molecule has 0 aliphatic carbocycles. The molecule has 0 fully saturated rings. The molecule has 1 atom stereocenters. The Bertz CT molecular complexity index is 1140. The quantitative estimate of drug-likeness (QED) is 0.488. The molecule has 2 aromatic rings. The number of ether oxygens (including phenoxy) is 1. The minimum absolute atomic E-state index is 0.0984. The standard InChI is InChI=1S/C27H39N3O5S/c1-20-11-8-9-12-22(20)19-29(21(2)26(32)28-27(3,4)5)25(31)13-10-18-30(36(7,33)34)23-14-16-24(35-6)17-15-23/h8-9,11-12,14-17,21H,10,13,18-19H2,1-7H3,(H,28,32)/t21-/m1/s1. The fourth-order valence-electron chi connectivity index (χ4n) is 3.78. The molecule has 36 heavy (non-hydrogen) atoms. The molecule has 2 amide bonds. The zero-order valence-electron chi connectivity index (χ0n) is 22.4. The molecule has 0 aliphatic rings. The topological polar surface area (TPSA) is 96.0 Å². The average molecular weight is 518 g/mol. The predicted molar refractivity (Wildman–Crippen MR) is 144 cm³/mol. The molecule has 0 radical (unpaired) electrons. The van der Waals surface area contributed by atoms with Gasteiger partial charge in [-0.2, -0.15) is 0 Å². The number of carbonyl (C=O) groups excluding carboxylic acids is 2. The molecule has 0 unspecified atom stereocenters. The molecule has 2 rings (SSSR count). The minimum atomic E-state index is -3.56. The van der Waals surface area contributed by atoms with Crippen LogP contribution in [0.25, 0.3) is 0 Å². The van der Waals surface area contributed by atoms with Crippen molar-refractivity contribution in [2.45, 2.75) is 65.6 Å². The number of hydrogen-bond acceptors (Lipinski definition) is 5. The second-order valence-electron chi connectivity index (χ2n) is 10.0. The summed E-state index contributed by atoms with van der Waals surface area (Å²) in [7, 11) is -2.01. The van der Waals surface area contributed by atoms with E-state index in [1.807, 2.05) is 52.0 Å². The van der Waals surface area contributed by atoms with E-state index in [-0.39, 0.29) is 24.8 Å². The van der Waals surface area contributed by atoms with E-state index in [2.05, 4.69) is 5.32 Å². The highest BCUT2D eigenvalue weighted by Gasteiger charge is 2.29. The number of rotatable bonds is 11. The normalized spacial score (nSPS) is 12.5. The maximum absolute atomic E-state index is 13.4. The lowest BCUT2D eigenvalue weighted by Crippen LogP contribution is -2.52. The molecule has 1 N–H and O–H groups in total. The van der Waals surface area contributed by atoms with Crippen LogP contribution in [-0.2, 0) is 26.2 Å². The molecular formula is C27H39N3O5S. The zero-order chi connectivity index (χ0) is 27.1. The van der Waals surface area contributed by atoms with Gasteiger partial charge in [-0.3, -0.25) is 13.9 Å². The molecule has 0 saturated carbocycles. The summed E-state index contributed by atoms with van der Waals surface area (Å²) in [6.07, 6.45) is 1.54. The fourth-order valence-corrected chi connectivity index (χ4v) is 4.75. The van der Waals surface area contributed by atoms with E-state index >= 15 is 0 Å². The smallest absolute Gasteiger partial charge is 0.242 e. The van der Waals surface area contributed by atoms with Crippen LogP contribution in [0.2, 0.25) is 0 Å². The second-order valence-corrected chi connectivity index (χ2v) is 11.9. The van der Waals surface area contributed by atoms with E-state index in [9.17, 15) is 18.0 Å². The summed E-state index contributed by atoms with van der Waals surface area (Å²) in [6, 6.07) is 13.8. The van der Waals surface area contributed by atoms with E-state index < -0.39 is 21.6 Å². The van der Waals surface area contributed by atoms with Crippen molar-refractivity contribution in [3.8, 4) is 5.75 Å². The number of nitrogens with zero attached hydrogens (tertiary/aromatic N) is 2. The maximum atomic E-state index is 13.4. The van der Waals surface area contributed by atoms with Gasteiger partial charge in [0.15, 0.2) is 0 Å². The van der Waals surface area contributed by atoms with Crippen LogP contribution in [0.5, 0.6) is 5.75 Å². The third-order valence-corrected chi connectivity index (χ3v) is 6.97. The SMILES string of the molecule is COc1ccc(N(CCCC(=O)N(Cc2ccccc2C)[C@H](C)C(=O)NC(C)(C)C)S(C)(=O)=O)cc1. The molecule has 9 heteroatoms. The molecule has 2 aromatic carbocycles. The van der Waals surface area contributed by atoms with E-state index in [1.54, 1.807) is 43.2 Å². The van der Waals surface area contributed by atoms with Crippen LogP contribution >= 0.6 is 0 Å². The molecule has 198 valence electrons. The van der Waals surface area contributed by atoms with Gasteiger partial charge in [-0.25, -0.2) is 8.42 Å². The average Bonchev–Trinajstić information content (AvgIpc) is 2.79. The number of sulfonamides is 1. The summed E-state index contributed by atoms with van der Waals surface area (Å²) < 4.78 is 31.3. The Morgan fingerprint density at radius 2 is 1.67 bits per heavy atom. The highest BCUT2D eigenvalue weighted by atomic mass is 32.2. The summed E-state index contributed by atoms with van der Waals surface area (Å²) in [4.78, 5) is 27.9. The van der Waals surface area contributed by atoms with Gasteiger partial charge >= 0.3 is 0 Å². The lowest BCUT2D eigenvalue weighted by Gasteiger charge is -2.32. The molecule has 0 bridgehead atoms. The van der Waals surface area contributed by atoms with Crippen LogP contribution in [0.1, 0.15) is 51.7 Å². The Hall–Kier alpha value is -3.07. The Labute approximate surface area is 215 Å². The monoisotopic (exact) mass is 517 g/mol. The van der Waals surface area contributed by atoms with E-state index in [0.29, 0.717) is 24.4 Å². The van der Waals surface area contributed by atoms with Crippen LogP contribution in [-0.4, -0.2) is 56.6 Å². The lowest BCUT2D eigenvalue weighted by molar-refractivity contribution is -0.141. The largest absolute Gasteiger partial charge is 0.497 e. The fraction of sp³-hybridized carbons (Fsp3) is 0.481. The first-order valence-electron chi connectivity index (χ1n) is 12.0. The van der Waals surface area contributed by atoms with Gasteiger partial charge < -0.3 is 15.0 Å². The zero-order valence-corrected chi connectivity index (χ0v) is 23.2. The molecule has 0 saturated heterocycles. The first-order valence-corrected chi connectivity index (χ1v) is 13.9. The molecule has 0 aliphatic heterocycles. The summed E-state index contributed by atoms with van der Waals surface area (Å²) in [5.41, 5.74) is 2.05. The minimum Gasteiger partial charge on any atom is -0.497 e. The number of hydrogen-bond donors (Lipinski definition) is 1. The van der Waals surface area contributed by atoms with Crippen molar-refractivity contribution >= 4 is 27.5 Å². The van der Waals surface area contributed by atoms with E-state index in [1.165, 1.54) is 4.31 Å². The molecule has 0 spiro atoms. The first kappa shape index (κ1) is 29.2. The Morgan fingerprint density at radius 3 is 2.19 bits per heavy atom. The Morgan fingerprint density at radius 1 is 1.06 bits per heavy atom. The number of carbonyl (C=O) groups is 2. The number of nitrogens with one attached hydrogen (secondary N) is 1. The number of anilines is 1. The second kappa shape index (κ2) is 12.3. The first-order chi connectivity index (χ1) is 16.7. The van der Waals surface area contributed by atoms with Gasteiger partial charge in [-0.05, 0) is 76.4 Å². The van der Waals surface area contributed by atoms with Gasteiger partial charge in [0.25, 0.3) is 0 Å². The molecular weight excluding hydrogens is 478 g/mol. The summed E-state index contributed by atoms with van der Waals surface area (Å²) in [5.74, 6) is 0.176. The summed E-state index contributed by atoms with van der Waals surface area (Å²) in [5, 5.41) is 2.95. The number of benzene rings is 2. The van der Waals surface area contributed by atoms with Crippen molar-refractivity contribution in [1.29, 1.82) is 0 Å². The van der Waals surface area contributed by atoms with Crippen LogP contribution in [0.15, 0.2) is 48.5 Å². The van der Waals surface area contributed by atoms with Crippen molar-refractivity contribution < 1.29 is 22.7 Å². The lowest BCUT2D eigenvalue weighted by atomic mass is 10.1. The number of methoxy groups -OCH3 is 1. The Balaban J connectivity index is 2.19. The van der Waals surface area contributed by atoms with Crippen molar-refractivity contribution in [3.63, 3.8) is 0 Å². The third-order valence-electron chi connectivity index (χ3n) is 5.78. The molecule has 8 nitrogen and oxygen atoms in total. The van der Waals surface area contributed by atoms with Crippen LogP contribution in [0.3, 0.4) is 0 Å². The van der Waals surface area contributed by atoms with E-state index in [4.69, 9.17) is 4.74 Å².